The molecule has 1 aromatic heterocycles. The maximum atomic E-state index is 13.6. The van der Waals surface area contributed by atoms with Crippen molar-refractivity contribution < 1.29 is 38.5 Å². The number of hydrogen-bond donors (Lipinski definition) is 5. The molecule has 1 aliphatic rings. The minimum atomic E-state index is -4.04. The first-order chi connectivity index (χ1) is 18.7. The van der Waals surface area contributed by atoms with Crippen molar-refractivity contribution in [2.24, 2.45) is 5.41 Å². The Labute approximate surface area is 235 Å². The van der Waals surface area contributed by atoms with Crippen LogP contribution < -0.4 is 16.3 Å². The summed E-state index contributed by atoms with van der Waals surface area (Å²) in [5.41, 5.74) is -3.37. The van der Waals surface area contributed by atoms with Gasteiger partial charge in [0.2, 0.25) is 0 Å². The molecule has 0 aliphatic carbocycles. The topological polar surface area (TPSA) is 189 Å². The van der Waals surface area contributed by atoms with Crippen molar-refractivity contribution in [1.82, 2.24) is 14.6 Å². The fourth-order valence-electron chi connectivity index (χ4n) is 3.77. The van der Waals surface area contributed by atoms with Crippen molar-refractivity contribution >= 4 is 24.6 Å². The highest BCUT2D eigenvalue weighted by molar-refractivity contribution is 8.13. The average molecular weight is 602 g/mol. The Hall–Kier alpha value is -2.13. The van der Waals surface area contributed by atoms with Gasteiger partial charge in [0, 0.05) is 24.1 Å². The number of carbonyl (C=O) groups is 1. The van der Waals surface area contributed by atoms with E-state index < -0.39 is 55.1 Å². The van der Waals surface area contributed by atoms with Gasteiger partial charge in [-0.15, -0.1) is 0 Å². The molecule has 13 nitrogen and oxygen atoms in total. The van der Waals surface area contributed by atoms with Gasteiger partial charge in [0.15, 0.2) is 11.3 Å². The minimum absolute atomic E-state index is 0.113. The molecule has 5 atom stereocenters. The number of H-pyrrole nitrogens is 1. The lowest BCUT2D eigenvalue weighted by atomic mass is 9.96. The molecule has 1 saturated heterocycles. The van der Waals surface area contributed by atoms with Gasteiger partial charge in [-0.05, 0) is 33.3 Å². The van der Waals surface area contributed by atoms with E-state index in [9.17, 15) is 34.3 Å². The van der Waals surface area contributed by atoms with Crippen LogP contribution in [-0.4, -0.2) is 73.4 Å². The van der Waals surface area contributed by atoms with Crippen LogP contribution >= 0.6 is 19.5 Å². The smallest absolute Gasteiger partial charge is 0.395 e. The van der Waals surface area contributed by atoms with E-state index in [0.717, 1.165) is 21.9 Å². The third-order valence-electron chi connectivity index (χ3n) is 6.41. The number of aliphatic hydroxyl groups excluding tert-OH is 2. The van der Waals surface area contributed by atoms with Crippen LogP contribution in [0.25, 0.3) is 0 Å². The summed E-state index contributed by atoms with van der Waals surface area (Å²) in [7, 11) is -4.04. The molecule has 15 heteroatoms. The predicted molar refractivity (Wildman–Crippen MR) is 148 cm³/mol. The lowest BCUT2D eigenvalue weighted by Gasteiger charge is -2.27. The largest absolute Gasteiger partial charge is 0.405 e. The Kier molecular flexibility index (Phi) is 10.7. The SMILES string of the molecule is Cc1cn([C@@H]2O[C@H](COP(=O)(NCc3ccccc3)OCCSC(=O)C(C)(C)CO)C(O)[C@]2(C)O)c(=O)[nH]c1=O. The number of hydrogen-bond acceptors (Lipinski definition) is 11. The third-order valence-corrected chi connectivity index (χ3v) is 9.15. The fourth-order valence-corrected chi connectivity index (χ4v) is 6.01. The second-order valence-electron chi connectivity index (χ2n) is 10.3. The van der Waals surface area contributed by atoms with E-state index in [2.05, 4.69) is 10.1 Å². The molecule has 2 aromatic rings. The quantitative estimate of drug-likeness (QED) is 0.162. The summed E-state index contributed by atoms with van der Waals surface area (Å²) in [6, 6.07) is 9.05. The Balaban J connectivity index is 1.71. The molecular weight excluding hydrogens is 565 g/mol. The number of aromatic amines is 1. The van der Waals surface area contributed by atoms with E-state index in [4.69, 9.17) is 13.8 Å². The first kappa shape index (κ1) is 32.4. The first-order valence-electron chi connectivity index (χ1n) is 12.5. The summed E-state index contributed by atoms with van der Waals surface area (Å²) in [5, 5.41) is 33.6. The standard InChI is InChI=1S/C25H36N3O10PS/c1-16-13-28(23(33)27-20(16)31)21-25(4,34)19(30)18(38-21)14-37-39(35,26-12-17-8-6-5-7-9-17)36-10-11-40-22(32)24(2,3)15-29/h5-9,13,18-19,21,29-30,34H,10-12,14-15H2,1-4H3,(H,26,35)(H,27,31,33)/t18-,19?,21-,25+,39?/m1/s1. The van der Waals surface area contributed by atoms with E-state index in [-0.39, 0.29) is 36.2 Å². The van der Waals surface area contributed by atoms with Crippen molar-refractivity contribution in [1.29, 1.82) is 0 Å². The molecule has 1 fully saturated rings. The summed E-state index contributed by atoms with van der Waals surface area (Å²) in [6.45, 7) is 5.11. The van der Waals surface area contributed by atoms with Crippen LogP contribution in [0.5, 0.6) is 0 Å². The van der Waals surface area contributed by atoms with Crippen LogP contribution in [0, 0.1) is 12.3 Å². The van der Waals surface area contributed by atoms with Crippen LogP contribution in [0.3, 0.4) is 0 Å². The number of rotatable bonds is 13. The number of nitrogens with zero attached hydrogens (tertiary/aromatic N) is 1. The number of thioether (sulfide) groups is 1. The second-order valence-corrected chi connectivity index (χ2v) is 13.2. The van der Waals surface area contributed by atoms with Crippen molar-refractivity contribution in [2.45, 2.75) is 58.3 Å². The van der Waals surface area contributed by atoms with E-state index in [1.165, 1.54) is 20.0 Å². The van der Waals surface area contributed by atoms with E-state index in [1.807, 2.05) is 6.07 Å². The summed E-state index contributed by atoms with van der Waals surface area (Å²) < 4.78 is 31.5. The van der Waals surface area contributed by atoms with Gasteiger partial charge in [-0.25, -0.2) is 14.4 Å². The molecule has 40 heavy (non-hydrogen) atoms. The van der Waals surface area contributed by atoms with Crippen LogP contribution in [0.4, 0.5) is 0 Å². The Morgan fingerprint density at radius 3 is 2.60 bits per heavy atom. The number of benzene rings is 1. The number of carbonyl (C=O) groups excluding carboxylic acids is 1. The molecule has 222 valence electrons. The molecule has 0 spiro atoms. The Morgan fingerprint density at radius 1 is 1.27 bits per heavy atom. The molecular formula is C25H36N3O10PS. The zero-order valence-corrected chi connectivity index (χ0v) is 24.4. The summed E-state index contributed by atoms with van der Waals surface area (Å²) in [6.07, 6.45) is -2.96. The summed E-state index contributed by atoms with van der Waals surface area (Å²) in [5.74, 6) is 0.135. The van der Waals surface area contributed by atoms with Crippen LogP contribution in [0.1, 0.15) is 38.1 Å². The number of aromatic nitrogens is 2. The second kappa shape index (κ2) is 13.2. The van der Waals surface area contributed by atoms with Gasteiger partial charge in [-0.3, -0.25) is 28.2 Å². The maximum Gasteiger partial charge on any atom is 0.405 e. The molecule has 5 N–H and O–H groups in total. The van der Waals surface area contributed by atoms with Gasteiger partial charge >= 0.3 is 13.4 Å². The highest BCUT2D eigenvalue weighted by Crippen LogP contribution is 2.46. The van der Waals surface area contributed by atoms with Crippen LogP contribution in [-0.2, 0) is 29.7 Å². The molecule has 0 radical (unpaired) electrons. The monoisotopic (exact) mass is 601 g/mol. The third kappa shape index (κ3) is 7.78. The van der Waals surface area contributed by atoms with Gasteiger partial charge in [0.1, 0.15) is 17.8 Å². The average Bonchev–Trinajstić information content (AvgIpc) is 3.14. The predicted octanol–water partition coefficient (Wildman–Crippen LogP) is 1.06. The van der Waals surface area contributed by atoms with Crippen molar-refractivity contribution in [2.75, 3.05) is 25.6 Å². The zero-order valence-electron chi connectivity index (χ0n) is 22.7. The molecule has 0 bridgehead atoms. The number of aryl methyl sites for hydroxylation is 1. The minimum Gasteiger partial charge on any atom is -0.395 e. The van der Waals surface area contributed by atoms with E-state index in [0.29, 0.717) is 0 Å². The highest BCUT2D eigenvalue weighted by Gasteiger charge is 2.54. The van der Waals surface area contributed by atoms with E-state index >= 15 is 0 Å². The molecule has 1 aromatic carbocycles. The molecule has 2 unspecified atom stereocenters. The number of aliphatic hydroxyl groups is 3. The van der Waals surface area contributed by atoms with Gasteiger partial charge in [-0.1, -0.05) is 42.1 Å². The molecule has 1 aliphatic heterocycles. The molecule has 0 saturated carbocycles. The molecule has 3 rings (SSSR count). The van der Waals surface area contributed by atoms with Crippen molar-refractivity contribution in [3.63, 3.8) is 0 Å². The first-order valence-corrected chi connectivity index (χ1v) is 15.1. The Bertz CT molecular complexity index is 1330. The van der Waals surface area contributed by atoms with Gasteiger partial charge in [-0.2, -0.15) is 0 Å². The summed E-state index contributed by atoms with van der Waals surface area (Å²) in [4.78, 5) is 38.5. The van der Waals surface area contributed by atoms with Crippen LogP contribution in [0.15, 0.2) is 46.1 Å². The lowest BCUT2D eigenvalue weighted by Crippen LogP contribution is -2.47. The van der Waals surface area contributed by atoms with Gasteiger partial charge in [0.25, 0.3) is 5.56 Å². The van der Waals surface area contributed by atoms with Crippen LogP contribution in [0.2, 0.25) is 0 Å². The van der Waals surface area contributed by atoms with Gasteiger partial charge in [0.05, 0.1) is 25.2 Å². The fraction of sp³-hybridized carbons (Fsp3) is 0.560. The number of ether oxygens (including phenoxy) is 1. The Morgan fingerprint density at radius 2 is 1.95 bits per heavy atom. The molecule has 0 amide bonds. The normalized spacial score (nSPS) is 24.6. The zero-order chi connectivity index (χ0) is 29.7. The maximum absolute atomic E-state index is 13.6. The van der Waals surface area contributed by atoms with Crippen molar-refractivity contribution in [3.05, 3.63) is 68.5 Å². The van der Waals surface area contributed by atoms with Crippen molar-refractivity contribution in [3.8, 4) is 0 Å². The molecule has 2 heterocycles. The summed E-state index contributed by atoms with van der Waals surface area (Å²) >= 11 is 0.924. The van der Waals surface area contributed by atoms with Gasteiger partial charge < -0.3 is 20.1 Å². The lowest BCUT2D eigenvalue weighted by molar-refractivity contribution is -0.119. The van der Waals surface area contributed by atoms with E-state index in [1.54, 1.807) is 38.1 Å². The number of nitrogens with one attached hydrogen (secondary N) is 2. The highest BCUT2D eigenvalue weighted by atomic mass is 32.2.